The van der Waals surface area contributed by atoms with Crippen molar-refractivity contribution in [1.29, 1.82) is 0 Å². The zero-order chi connectivity index (χ0) is 12.6. The Kier molecular flexibility index (Phi) is 5.88. The fourth-order valence-electron chi connectivity index (χ4n) is 2.25. The first-order valence-corrected chi connectivity index (χ1v) is 8.24. The lowest BCUT2D eigenvalue weighted by Gasteiger charge is -2.06. The Hall–Kier alpha value is -0.670. The van der Waals surface area contributed by atoms with Crippen molar-refractivity contribution in [3.8, 4) is 5.75 Å². The SMILES string of the molecule is CSCCCCNCCc1ccc2c(c1)CCO2. The number of hydrogen-bond donors (Lipinski definition) is 1. The van der Waals surface area contributed by atoms with Gasteiger partial charge in [-0.2, -0.15) is 11.8 Å². The molecule has 0 saturated carbocycles. The average Bonchev–Trinajstić information content (AvgIpc) is 2.85. The van der Waals surface area contributed by atoms with E-state index in [-0.39, 0.29) is 0 Å². The lowest BCUT2D eigenvalue weighted by molar-refractivity contribution is 0.357. The van der Waals surface area contributed by atoms with Crippen molar-refractivity contribution >= 4 is 11.8 Å². The minimum Gasteiger partial charge on any atom is -0.493 e. The van der Waals surface area contributed by atoms with Gasteiger partial charge in [0.05, 0.1) is 6.61 Å². The molecule has 0 bridgehead atoms. The van der Waals surface area contributed by atoms with Crippen LogP contribution in [-0.2, 0) is 12.8 Å². The second kappa shape index (κ2) is 7.70. The molecule has 0 unspecified atom stereocenters. The summed E-state index contributed by atoms with van der Waals surface area (Å²) in [5.74, 6) is 2.37. The molecule has 100 valence electrons. The number of ether oxygens (including phenoxy) is 1. The number of fused-ring (bicyclic) bond motifs is 1. The molecule has 2 rings (SSSR count). The van der Waals surface area contributed by atoms with Gasteiger partial charge in [-0.25, -0.2) is 0 Å². The van der Waals surface area contributed by atoms with E-state index in [0.717, 1.165) is 38.3 Å². The molecule has 1 aliphatic heterocycles. The molecule has 18 heavy (non-hydrogen) atoms. The fourth-order valence-corrected chi connectivity index (χ4v) is 2.74. The maximum absolute atomic E-state index is 5.52. The molecule has 1 aromatic carbocycles. The van der Waals surface area contributed by atoms with Crippen LogP contribution in [0.4, 0.5) is 0 Å². The summed E-state index contributed by atoms with van der Waals surface area (Å²) in [4.78, 5) is 0. The Bertz CT molecular complexity index is 368. The second-order valence-electron chi connectivity index (χ2n) is 4.74. The van der Waals surface area contributed by atoms with Crippen LogP contribution in [0.5, 0.6) is 5.75 Å². The van der Waals surface area contributed by atoms with Gasteiger partial charge in [-0.15, -0.1) is 0 Å². The summed E-state index contributed by atoms with van der Waals surface area (Å²) in [7, 11) is 0. The van der Waals surface area contributed by atoms with Crippen molar-refractivity contribution < 1.29 is 4.74 Å². The summed E-state index contributed by atoms with van der Waals surface area (Å²) in [6, 6.07) is 6.62. The van der Waals surface area contributed by atoms with E-state index in [1.807, 2.05) is 11.8 Å². The molecule has 1 N–H and O–H groups in total. The summed E-state index contributed by atoms with van der Waals surface area (Å²) in [5.41, 5.74) is 2.81. The maximum atomic E-state index is 5.52. The fraction of sp³-hybridized carbons (Fsp3) is 0.600. The molecule has 0 aromatic heterocycles. The molecule has 0 radical (unpaired) electrons. The lowest BCUT2D eigenvalue weighted by atomic mass is 10.1. The van der Waals surface area contributed by atoms with Gasteiger partial charge in [0.25, 0.3) is 0 Å². The number of rotatable bonds is 8. The van der Waals surface area contributed by atoms with Crippen molar-refractivity contribution in [3.63, 3.8) is 0 Å². The van der Waals surface area contributed by atoms with E-state index in [4.69, 9.17) is 4.74 Å². The molecule has 0 saturated heterocycles. The van der Waals surface area contributed by atoms with Gasteiger partial charge >= 0.3 is 0 Å². The topological polar surface area (TPSA) is 21.3 Å². The number of nitrogens with one attached hydrogen (secondary N) is 1. The maximum Gasteiger partial charge on any atom is 0.122 e. The lowest BCUT2D eigenvalue weighted by Crippen LogP contribution is -2.18. The van der Waals surface area contributed by atoms with Gasteiger partial charge in [0.2, 0.25) is 0 Å². The molecule has 0 aliphatic carbocycles. The highest BCUT2D eigenvalue weighted by atomic mass is 32.2. The molecule has 1 heterocycles. The molecular weight excluding hydrogens is 242 g/mol. The predicted octanol–water partition coefficient (Wildman–Crippen LogP) is 2.90. The zero-order valence-electron chi connectivity index (χ0n) is 11.2. The second-order valence-corrected chi connectivity index (χ2v) is 5.73. The molecule has 3 heteroatoms. The van der Waals surface area contributed by atoms with Crippen LogP contribution in [0.3, 0.4) is 0 Å². The van der Waals surface area contributed by atoms with Gasteiger partial charge < -0.3 is 10.1 Å². The first-order valence-electron chi connectivity index (χ1n) is 6.84. The van der Waals surface area contributed by atoms with Crippen LogP contribution in [-0.4, -0.2) is 31.7 Å². The summed E-state index contributed by atoms with van der Waals surface area (Å²) >= 11 is 1.93. The van der Waals surface area contributed by atoms with Gasteiger partial charge in [0, 0.05) is 6.42 Å². The Balaban J connectivity index is 1.62. The Morgan fingerprint density at radius 2 is 2.22 bits per heavy atom. The third-order valence-corrected chi connectivity index (χ3v) is 3.99. The van der Waals surface area contributed by atoms with E-state index in [1.54, 1.807) is 0 Å². The van der Waals surface area contributed by atoms with Gasteiger partial charge in [-0.3, -0.25) is 0 Å². The van der Waals surface area contributed by atoms with E-state index in [2.05, 4.69) is 29.8 Å². The van der Waals surface area contributed by atoms with Crippen LogP contribution in [0.25, 0.3) is 0 Å². The van der Waals surface area contributed by atoms with E-state index in [9.17, 15) is 0 Å². The van der Waals surface area contributed by atoms with Gasteiger partial charge in [0.1, 0.15) is 5.75 Å². The molecule has 0 fully saturated rings. The molecule has 0 spiro atoms. The van der Waals surface area contributed by atoms with Crippen molar-refractivity contribution in [3.05, 3.63) is 29.3 Å². The summed E-state index contributed by atoms with van der Waals surface area (Å²) < 4.78 is 5.52. The quantitative estimate of drug-likeness (QED) is 0.730. The molecule has 2 nitrogen and oxygen atoms in total. The minimum absolute atomic E-state index is 0.854. The molecule has 0 atom stereocenters. The Morgan fingerprint density at radius 1 is 1.28 bits per heavy atom. The normalized spacial score (nSPS) is 13.4. The highest BCUT2D eigenvalue weighted by molar-refractivity contribution is 7.98. The highest BCUT2D eigenvalue weighted by Crippen LogP contribution is 2.25. The average molecular weight is 265 g/mol. The standard InChI is InChI=1S/C15H23NOS/c1-18-11-3-2-8-16-9-6-13-4-5-15-14(12-13)7-10-17-15/h4-5,12,16H,2-3,6-11H2,1H3. The van der Waals surface area contributed by atoms with Crippen LogP contribution in [0.15, 0.2) is 18.2 Å². The molecular formula is C15H23NOS. The Morgan fingerprint density at radius 3 is 3.11 bits per heavy atom. The van der Waals surface area contributed by atoms with Crippen molar-refractivity contribution in [2.75, 3.05) is 31.7 Å². The van der Waals surface area contributed by atoms with Crippen LogP contribution in [0.2, 0.25) is 0 Å². The monoisotopic (exact) mass is 265 g/mol. The molecule has 0 amide bonds. The predicted molar refractivity (Wildman–Crippen MR) is 79.8 cm³/mol. The van der Waals surface area contributed by atoms with Crippen molar-refractivity contribution in [2.24, 2.45) is 0 Å². The largest absolute Gasteiger partial charge is 0.493 e. The van der Waals surface area contributed by atoms with Crippen LogP contribution in [0.1, 0.15) is 24.0 Å². The third kappa shape index (κ3) is 4.21. The number of thioether (sulfide) groups is 1. The molecule has 1 aliphatic rings. The first-order chi connectivity index (χ1) is 8.90. The highest BCUT2D eigenvalue weighted by Gasteiger charge is 2.11. The van der Waals surface area contributed by atoms with Crippen LogP contribution >= 0.6 is 11.8 Å². The molecule has 1 aromatic rings. The van der Waals surface area contributed by atoms with Crippen LogP contribution in [0, 0.1) is 0 Å². The van der Waals surface area contributed by atoms with E-state index < -0.39 is 0 Å². The van der Waals surface area contributed by atoms with Crippen molar-refractivity contribution in [1.82, 2.24) is 5.32 Å². The number of benzene rings is 1. The van der Waals surface area contributed by atoms with E-state index >= 15 is 0 Å². The summed E-state index contributed by atoms with van der Waals surface area (Å²) in [5, 5.41) is 3.52. The first kappa shape index (κ1) is 13.8. The Labute approximate surface area is 114 Å². The van der Waals surface area contributed by atoms with Gasteiger partial charge in [-0.1, -0.05) is 12.1 Å². The van der Waals surface area contributed by atoms with E-state index in [1.165, 1.54) is 29.7 Å². The summed E-state index contributed by atoms with van der Waals surface area (Å²) in [6.07, 6.45) is 6.98. The smallest absolute Gasteiger partial charge is 0.122 e. The van der Waals surface area contributed by atoms with Crippen molar-refractivity contribution in [2.45, 2.75) is 25.7 Å². The van der Waals surface area contributed by atoms with Gasteiger partial charge in [-0.05, 0) is 61.6 Å². The van der Waals surface area contributed by atoms with Crippen LogP contribution < -0.4 is 10.1 Å². The zero-order valence-corrected chi connectivity index (χ0v) is 12.0. The minimum atomic E-state index is 0.854. The summed E-state index contributed by atoms with van der Waals surface area (Å²) in [6.45, 7) is 3.08. The van der Waals surface area contributed by atoms with E-state index in [0.29, 0.717) is 0 Å². The van der Waals surface area contributed by atoms with Gasteiger partial charge in [0.15, 0.2) is 0 Å². The third-order valence-electron chi connectivity index (χ3n) is 3.30. The number of hydrogen-bond acceptors (Lipinski definition) is 3. The number of unbranched alkanes of at least 4 members (excludes halogenated alkanes) is 1.